The van der Waals surface area contributed by atoms with Crippen LogP contribution in [0.25, 0.3) is 0 Å². The lowest BCUT2D eigenvalue weighted by molar-refractivity contribution is -0.465. The van der Waals surface area contributed by atoms with Gasteiger partial charge in [-0.3, -0.25) is 4.99 Å². The van der Waals surface area contributed by atoms with Crippen LogP contribution in [0.4, 0.5) is 0 Å². The number of rotatable bonds is 7. The van der Waals surface area contributed by atoms with Crippen LogP contribution >= 0.6 is 23.5 Å². The average molecular weight is 313 g/mol. The van der Waals surface area contributed by atoms with E-state index >= 15 is 0 Å². The molecule has 0 aromatic heterocycles. The highest BCUT2D eigenvalue weighted by Crippen LogP contribution is 2.31. The number of aliphatic imine (C=N–C) groups is 1. The Bertz CT molecular complexity index is 445. The van der Waals surface area contributed by atoms with E-state index in [9.17, 15) is 0 Å². The van der Waals surface area contributed by atoms with Crippen molar-refractivity contribution in [3.8, 4) is 0 Å². The van der Waals surface area contributed by atoms with Crippen LogP contribution in [0.15, 0.2) is 25.9 Å². The number of likely N-dealkylation sites (N-methyl/N-ethyl adjacent to an activating group) is 1. The normalized spacial score (nSPS) is 14.7. The lowest BCUT2D eigenvalue weighted by Crippen LogP contribution is -2.10. The van der Waals surface area contributed by atoms with Crippen LogP contribution in [0.2, 0.25) is 0 Å². The Hall–Kier alpha value is -0.610. The van der Waals surface area contributed by atoms with E-state index in [1.807, 2.05) is 42.2 Å². The second-order valence-electron chi connectivity index (χ2n) is 4.86. The molecular formula is C16H28N2S2. The summed E-state index contributed by atoms with van der Waals surface area (Å²) in [4.78, 5) is 6.94. The molecule has 0 aliphatic carbocycles. The zero-order valence-electron chi connectivity index (χ0n) is 14.1. The molecule has 0 radical (unpaired) electrons. The number of hydrogen-bond donors (Lipinski definition) is 0. The van der Waals surface area contributed by atoms with Gasteiger partial charge in [-0.2, -0.15) is 11.8 Å². The lowest BCUT2D eigenvalue weighted by Gasteiger charge is -2.18. The molecule has 0 aromatic carbocycles. The lowest BCUT2D eigenvalue weighted by atomic mass is 10.1. The van der Waals surface area contributed by atoms with Crippen molar-refractivity contribution in [2.75, 3.05) is 19.2 Å². The third kappa shape index (κ3) is 6.23. The molecule has 0 unspecified atom stereocenters. The van der Waals surface area contributed by atoms with Gasteiger partial charge in [0.1, 0.15) is 7.05 Å². The zero-order chi connectivity index (χ0) is 15.9. The van der Waals surface area contributed by atoms with Crippen LogP contribution in [0.3, 0.4) is 0 Å². The molecular weight excluding hydrogens is 284 g/mol. The zero-order valence-corrected chi connectivity index (χ0v) is 15.8. The molecule has 2 nitrogen and oxygen atoms in total. The van der Waals surface area contributed by atoms with Crippen LogP contribution in [-0.2, 0) is 0 Å². The molecule has 0 saturated heterocycles. The summed E-state index contributed by atoms with van der Waals surface area (Å²) in [6.45, 7) is 16.7. The van der Waals surface area contributed by atoms with Crippen LogP contribution in [0.1, 0.15) is 41.5 Å². The van der Waals surface area contributed by atoms with Crippen molar-refractivity contribution in [3.05, 3.63) is 27.0 Å². The quantitative estimate of drug-likeness (QED) is 0.285. The second-order valence-corrected chi connectivity index (χ2v) is 7.61. The molecule has 0 fully saturated rings. The monoisotopic (exact) mass is 312 g/mol. The number of allylic oxidation sites excluding steroid dienone is 3. The van der Waals surface area contributed by atoms with Gasteiger partial charge in [-0.15, -0.1) is 16.7 Å². The number of thioether (sulfide) groups is 2. The predicted molar refractivity (Wildman–Crippen MR) is 98.1 cm³/mol. The largest absolute Gasteiger partial charge is 0.317 e. The summed E-state index contributed by atoms with van der Waals surface area (Å²) in [5.74, 6) is 0. The van der Waals surface area contributed by atoms with Gasteiger partial charge >= 0.3 is 0 Å². The van der Waals surface area contributed by atoms with E-state index in [1.165, 1.54) is 27.0 Å². The highest BCUT2D eigenvalue weighted by atomic mass is 32.2. The van der Waals surface area contributed by atoms with Crippen molar-refractivity contribution in [3.63, 3.8) is 0 Å². The minimum atomic E-state index is 1.03. The minimum absolute atomic E-state index is 1.03. The van der Waals surface area contributed by atoms with E-state index in [0.29, 0.717) is 0 Å². The molecule has 0 spiro atoms. The van der Waals surface area contributed by atoms with Crippen LogP contribution in [0, 0.1) is 6.04 Å². The fraction of sp³-hybridized carbons (Fsp3) is 0.562. The second kappa shape index (κ2) is 9.35. The van der Waals surface area contributed by atoms with Gasteiger partial charge in [-0.1, -0.05) is 19.4 Å². The average Bonchev–Trinajstić information content (AvgIpc) is 2.43. The van der Waals surface area contributed by atoms with Crippen molar-refractivity contribution in [1.82, 2.24) is 0 Å². The Morgan fingerprint density at radius 1 is 1.10 bits per heavy atom. The Morgan fingerprint density at radius 3 is 2.05 bits per heavy atom. The van der Waals surface area contributed by atoms with E-state index in [0.717, 1.165) is 10.8 Å². The van der Waals surface area contributed by atoms with Gasteiger partial charge in [-0.05, 0) is 38.2 Å². The van der Waals surface area contributed by atoms with Gasteiger partial charge < -0.3 is 4.58 Å². The first-order valence-electron chi connectivity index (χ1n) is 6.64. The van der Waals surface area contributed by atoms with Crippen molar-refractivity contribution < 1.29 is 4.58 Å². The smallest absolute Gasteiger partial charge is 0.115 e. The van der Waals surface area contributed by atoms with E-state index in [1.54, 1.807) is 0 Å². The highest BCUT2D eigenvalue weighted by Gasteiger charge is 2.07. The SMILES string of the molecule is C=[N+](C)[C-](C)/C(C)=C(/C)SCS/C(C)=C(/C)C(C)=NC. The number of nitrogens with zero attached hydrogens (tertiary/aromatic N) is 2. The highest BCUT2D eigenvalue weighted by molar-refractivity contribution is 8.19. The van der Waals surface area contributed by atoms with Gasteiger partial charge in [-0.25, -0.2) is 0 Å². The summed E-state index contributed by atoms with van der Waals surface area (Å²) in [5.41, 5.74) is 3.72. The molecule has 0 aromatic rings. The van der Waals surface area contributed by atoms with Crippen LogP contribution in [-0.4, -0.2) is 36.2 Å². The fourth-order valence-electron chi connectivity index (χ4n) is 1.39. The molecule has 0 saturated carbocycles. The molecule has 0 bridgehead atoms. The first kappa shape index (κ1) is 19.4. The van der Waals surface area contributed by atoms with E-state index in [4.69, 9.17) is 0 Å². The maximum atomic E-state index is 4.24. The van der Waals surface area contributed by atoms with Crippen molar-refractivity contribution in [2.45, 2.75) is 41.5 Å². The minimum Gasteiger partial charge on any atom is -0.317 e. The maximum absolute atomic E-state index is 4.24. The summed E-state index contributed by atoms with van der Waals surface area (Å²) < 4.78 is 1.92. The standard InChI is InChI=1S/C16H28N2S2/c1-11(13(3)17-7)15(5)19-10-20-16(6)12(2)14(4)18(8)9/h8,10H2,1-7,9H3/b15-11-,16-12-,17-13?. The Morgan fingerprint density at radius 2 is 1.60 bits per heavy atom. The number of hydrogen-bond acceptors (Lipinski definition) is 3. The van der Waals surface area contributed by atoms with E-state index < -0.39 is 0 Å². The van der Waals surface area contributed by atoms with E-state index in [-0.39, 0.29) is 0 Å². The van der Waals surface area contributed by atoms with Gasteiger partial charge in [0, 0.05) is 24.6 Å². The van der Waals surface area contributed by atoms with Crippen molar-refractivity contribution in [2.24, 2.45) is 4.99 Å². The first-order chi connectivity index (χ1) is 9.22. The molecule has 114 valence electrons. The molecule has 0 amide bonds. The Labute approximate surface area is 133 Å². The molecule has 0 aliphatic heterocycles. The molecule has 0 N–H and O–H groups in total. The fourth-order valence-corrected chi connectivity index (χ4v) is 3.76. The molecule has 4 heteroatoms. The summed E-state index contributed by atoms with van der Waals surface area (Å²) in [6.07, 6.45) is 0. The third-order valence-corrected chi connectivity index (χ3v) is 6.02. The predicted octanol–water partition coefficient (Wildman–Crippen LogP) is 4.98. The summed E-state index contributed by atoms with van der Waals surface area (Å²) in [7, 11) is 3.82. The van der Waals surface area contributed by atoms with Crippen LogP contribution < -0.4 is 0 Å². The van der Waals surface area contributed by atoms with Gasteiger partial charge in [0.25, 0.3) is 0 Å². The van der Waals surface area contributed by atoms with Crippen molar-refractivity contribution in [1.29, 1.82) is 0 Å². The molecule has 0 atom stereocenters. The van der Waals surface area contributed by atoms with Gasteiger partial charge in [0.2, 0.25) is 0 Å². The summed E-state index contributed by atoms with van der Waals surface area (Å²) >= 11 is 3.77. The third-order valence-electron chi connectivity index (χ3n) is 3.60. The molecule has 0 aliphatic rings. The Kier molecular flexibility index (Phi) is 9.06. The topological polar surface area (TPSA) is 15.4 Å². The summed E-state index contributed by atoms with van der Waals surface area (Å²) in [5, 5.41) is 1.03. The van der Waals surface area contributed by atoms with Crippen molar-refractivity contribution >= 4 is 36.0 Å². The van der Waals surface area contributed by atoms with Gasteiger partial charge in [0.05, 0.1) is 6.04 Å². The van der Waals surface area contributed by atoms with E-state index in [2.05, 4.69) is 53.3 Å². The first-order valence-corrected chi connectivity index (χ1v) is 8.61. The summed E-state index contributed by atoms with van der Waals surface area (Å²) in [6, 6.07) is 1.22. The molecule has 20 heavy (non-hydrogen) atoms. The molecule has 0 heterocycles. The Balaban J connectivity index is 4.59. The maximum Gasteiger partial charge on any atom is 0.115 e. The van der Waals surface area contributed by atoms with Crippen LogP contribution in [0.5, 0.6) is 0 Å². The van der Waals surface area contributed by atoms with Gasteiger partial charge in [0.15, 0.2) is 0 Å². The molecule has 0 rings (SSSR count).